The van der Waals surface area contributed by atoms with E-state index < -0.39 is 6.04 Å². The largest absolute Gasteiger partial charge is 0.489 e. The van der Waals surface area contributed by atoms with Gasteiger partial charge in [0, 0.05) is 31.3 Å². The standard InChI is InChI=1S/C31H46N4O3/c1-2-3-4-5-6-7-18-34-31(37)29(35-30(36)27-12-8-25(22-32)9-13-27)21-24-10-14-28(15-11-24)38-23-26-16-19-33-20-17-26/h10-11,14-17,19-20,25,27,29H,2-9,12-13,18,21-23,32H2,1H3,(H,34,37)(H,35,36)/t25?,27?,29-/m1/s1. The molecule has 7 heteroatoms. The van der Waals surface area contributed by atoms with Gasteiger partial charge in [0.05, 0.1) is 0 Å². The van der Waals surface area contributed by atoms with Gasteiger partial charge in [-0.3, -0.25) is 14.6 Å². The predicted molar refractivity (Wildman–Crippen MR) is 152 cm³/mol. The number of rotatable bonds is 16. The van der Waals surface area contributed by atoms with Crippen molar-refractivity contribution in [1.29, 1.82) is 0 Å². The van der Waals surface area contributed by atoms with E-state index in [1.165, 1.54) is 25.7 Å². The number of aromatic nitrogens is 1. The number of nitrogens with zero attached hydrogens (tertiary/aromatic N) is 1. The van der Waals surface area contributed by atoms with E-state index in [0.29, 0.717) is 32.0 Å². The van der Waals surface area contributed by atoms with Crippen LogP contribution in [0.2, 0.25) is 0 Å². The van der Waals surface area contributed by atoms with Crippen LogP contribution < -0.4 is 21.1 Å². The highest BCUT2D eigenvalue weighted by atomic mass is 16.5. The number of pyridine rings is 1. The molecule has 7 nitrogen and oxygen atoms in total. The second-order valence-corrected chi connectivity index (χ2v) is 10.6. The first-order chi connectivity index (χ1) is 18.6. The molecule has 0 spiro atoms. The molecule has 208 valence electrons. The molecule has 3 rings (SSSR count). The number of nitrogens with two attached hydrogens (primary N) is 1. The van der Waals surface area contributed by atoms with E-state index in [4.69, 9.17) is 10.5 Å². The fourth-order valence-corrected chi connectivity index (χ4v) is 5.00. The number of carbonyl (C=O) groups excluding carboxylic acids is 2. The Morgan fingerprint density at radius 2 is 1.63 bits per heavy atom. The van der Waals surface area contributed by atoms with Gasteiger partial charge in [0.25, 0.3) is 0 Å². The molecule has 2 amide bonds. The second kappa shape index (κ2) is 16.8. The Bertz CT molecular complexity index is 943. The van der Waals surface area contributed by atoms with Crippen LogP contribution in [0.4, 0.5) is 0 Å². The summed E-state index contributed by atoms with van der Waals surface area (Å²) >= 11 is 0. The van der Waals surface area contributed by atoms with Crippen molar-refractivity contribution in [1.82, 2.24) is 15.6 Å². The summed E-state index contributed by atoms with van der Waals surface area (Å²) in [6, 6.07) is 11.0. The van der Waals surface area contributed by atoms with Crippen LogP contribution in [-0.2, 0) is 22.6 Å². The van der Waals surface area contributed by atoms with Crippen LogP contribution in [0.5, 0.6) is 5.75 Å². The fraction of sp³-hybridized carbons (Fsp3) is 0.581. The summed E-state index contributed by atoms with van der Waals surface area (Å²) in [4.78, 5) is 30.3. The molecule has 1 atom stereocenters. The van der Waals surface area contributed by atoms with Gasteiger partial charge in [0.2, 0.25) is 11.8 Å². The monoisotopic (exact) mass is 522 g/mol. The molecular weight excluding hydrogens is 476 g/mol. The summed E-state index contributed by atoms with van der Waals surface area (Å²) in [6.07, 6.45) is 14.6. The van der Waals surface area contributed by atoms with E-state index in [-0.39, 0.29) is 17.7 Å². The summed E-state index contributed by atoms with van der Waals surface area (Å²) in [5, 5.41) is 6.15. The van der Waals surface area contributed by atoms with E-state index in [1.807, 2.05) is 36.4 Å². The summed E-state index contributed by atoms with van der Waals surface area (Å²) in [5.41, 5.74) is 7.85. The lowest BCUT2D eigenvalue weighted by Gasteiger charge is -2.28. The molecule has 1 heterocycles. The predicted octanol–water partition coefficient (Wildman–Crippen LogP) is 4.93. The van der Waals surface area contributed by atoms with Gasteiger partial charge in [0.15, 0.2) is 0 Å². The molecule has 4 N–H and O–H groups in total. The van der Waals surface area contributed by atoms with Crippen molar-refractivity contribution in [2.24, 2.45) is 17.6 Å². The summed E-state index contributed by atoms with van der Waals surface area (Å²) in [7, 11) is 0. The molecule has 1 aromatic heterocycles. The Labute approximate surface area is 228 Å². The first-order valence-corrected chi connectivity index (χ1v) is 14.5. The van der Waals surface area contributed by atoms with Gasteiger partial charge in [0.1, 0.15) is 18.4 Å². The third-order valence-electron chi connectivity index (χ3n) is 7.53. The molecule has 2 aromatic rings. The van der Waals surface area contributed by atoms with Crippen molar-refractivity contribution >= 4 is 11.8 Å². The summed E-state index contributed by atoms with van der Waals surface area (Å²) in [6.45, 7) is 4.00. The van der Waals surface area contributed by atoms with Crippen molar-refractivity contribution < 1.29 is 14.3 Å². The number of carbonyl (C=O) groups is 2. The summed E-state index contributed by atoms with van der Waals surface area (Å²) in [5.74, 6) is 1.10. The van der Waals surface area contributed by atoms with E-state index >= 15 is 0 Å². The molecule has 0 saturated heterocycles. The Hall–Kier alpha value is -2.93. The number of ether oxygens (including phenoxy) is 1. The van der Waals surface area contributed by atoms with E-state index in [9.17, 15) is 9.59 Å². The zero-order chi connectivity index (χ0) is 27.0. The topological polar surface area (TPSA) is 106 Å². The van der Waals surface area contributed by atoms with Gasteiger partial charge in [-0.2, -0.15) is 0 Å². The Balaban J connectivity index is 1.55. The summed E-state index contributed by atoms with van der Waals surface area (Å²) < 4.78 is 5.88. The highest BCUT2D eigenvalue weighted by molar-refractivity contribution is 5.88. The van der Waals surface area contributed by atoms with Gasteiger partial charge >= 0.3 is 0 Å². The smallest absolute Gasteiger partial charge is 0.242 e. The van der Waals surface area contributed by atoms with Crippen LogP contribution in [0.1, 0.15) is 82.3 Å². The quantitative estimate of drug-likeness (QED) is 0.271. The van der Waals surface area contributed by atoms with Crippen molar-refractivity contribution in [2.75, 3.05) is 13.1 Å². The Morgan fingerprint density at radius 1 is 0.947 bits per heavy atom. The minimum absolute atomic E-state index is 0.0162. The molecule has 1 aliphatic carbocycles. The molecule has 0 radical (unpaired) electrons. The Kier molecular flexibility index (Phi) is 13.1. The van der Waals surface area contributed by atoms with Crippen molar-refractivity contribution in [3.63, 3.8) is 0 Å². The maximum atomic E-state index is 13.2. The molecule has 1 fully saturated rings. The number of amides is 2. The number of benzene rings is 1. The van der Waals surface area contributed by atoms with Crippen molar-refractivity contribution in [3.05, 3.63) is 59.9 Å². The average molecular weight is 523 g/mol. The molecule has 0 bridgehead atoms. The maximum Gasteiger partial charge on any atom is 0.242 e. The van der Waals surface area contributed by atoms with E-state index in [2.05, 4.69) is 22.5 Å². The zero-order valence-corrected chi connectivity index (χ0v) is 23.0. The van der Waals surface area contributed by atoms with E-state index in [1.54, 1.807) is 12.4 Å². The minimum Gasteiger partial charge on any atom is -0.489 e. The number of hydrogen-bond acceptors (Lipinski definition) is 5. The average Bonchev–Trinajstić information content (AvgIpc) is 2.96. The molecule has 1 aromatic carbocycles. The molecule has 0 aliphatic heterocycles. The highest BCUT2D eigenvalue weighted by Crippen LogP contribution is 2.28. The van der Waals surface area contributed by atoms with Gasteiger partial charge in [-0.15, -0.1) is 0 Å². The lowest BCUT2D eigenvalue weighted by molar-refractivity contribution is -0.131. The third kappa shape index (κ3) is 10.4. The van der Waals surface area contributed by atoms with Crippen molar-refractivity contribution in [3.8, 4) is 5.75 Å². The van der Waals surface area contributed by atoms with Crippen LogP contribution in [0.15, 0.2) is 48.8 Å². The fourth-order valence-electron chi connectivity index (χ4n) is 5.00. The van der Waals surface area contributed by atoms with Crippen LogP contribution in [0.3, 0.4) is 0 Å². The first-order valence-electron chi connectivity index (χ1n) is 14.5. The third-order valence-corrected chi connectivity index (χ3v) is 7.53. The Morgan fingerprint density at radius 3 is 2.32 bits per heavy atom. The minimum atomic E-state index is -0.599. The maximum absolute atomic E-state index is 13.2. The molecule has 0 unspecified atom stereocenters. The van der Waals surface area contributed by atoms with Crippen LogP contribution >= 0.6 is 0 Å². The normalized spacial score (nSPS) is 17.9. The van der Waals surface area contributed by atoms with Gasteiger partial charge in [-0.25, -0.2) is 0 Å². The number of nitrogens with one attached hydrogen (secondary N) is 2. The van der Waals surface area contributed by atoms with Crippen molar-refractivity contribution in [2.45, 2.75) is 90.2 Å². The van der Waals surface area contributed by atoms with Gasteiger partial charge < -0.3 is 21.1 Å². The van der Waals surface area contributed by atoms with Crippen LogP contribution in [0, 0.1) is 11.8 Å². The first kappa shape index (κ1) is 29.6. The van der Waals surface area contributed by atoms with Gasteiger partial charge in [-0.05, 0) is 80.0 Å². The highest BCUT2D eigenvalue weighted by Gasteiger charge is 2.29. The molecular formula is C31H46N4O3. The number of unbranched alkanes of at least 4 members (excludes halogenated alkanes) is 5. The molecule has 1 saturated carbocycles. The van der Waals surface area contributed by atoms with Crippen LogP contribution in [-0.4, -0.2) is 35.9 Å². The van der Waals surface area contributed by atoms with Gasteiger partial charge in [-0.1, -0.05) is 51.2 Å². The van der Waals surface area contributed by atoms with Crippen LogP contribution in [0.25, 0.3) is 0 Å². The van der Waals surface area contributed by atoms with E-state index in [0.717, 1.165) is 55.4 Å². The SMILES string of the molecule is CCCCCCCCNC(=O)[C@@H](Cc1ccc(OCc2ccncc2)cc1)NC(=O)C1CCC(CN)CC1. The lowest BCUT2D eigenvalue weighted by atomic mass is 9.81. The lowest BCUT2D eigenvalue weighted by Crippen LogP contribution is -2.50. The molecule has 38 heavy (non-hydrogen) atoms. The zero-order valence-electron chi connectivity index (χ0n) is 23.0. The second-order valence-electron chi connectivity index (χ2n) is 10.6. The number of hydrogen-bond donors (Lipinski definition) is 3. The molecule has 1 aliphatic rings.